The van der Waals surface area contributed by atoms with Crippen LogP contribution in [-0.4, -0.2) is 30.9 Å². The normalized spacial score (nSPS) is 12.2. The van der Waals surface area contributed by atoms with Crippen molar-refractivity contribution in [3.8, 4) is 0 Å². The summed E-state index contributed by atoms with van der Waals surface area (Å²) in [6, 6.07) is 1.81. The molecule has 0 spiro atoms. The molecule has 0 bridgehead atoms. The average molecular weight is 420 g/mol. The number of hydrogen-bond acceptors (Lipinski definition) is 3. The Bertz CT molecular complexity index is 446. The average Bonchev–Trinajstić information content (AvgIpc) is 2.81. The first-order valence-electron chi connectivity index (χ1n) is 6.28. The molecule has 122 valence electrons. The van der Waals surface area contributed by atoms with E-state index in [4.69, 9.17) is 4.52 Å². The zero-order valence-electron chi connectivity index (χ0n) is 12.1. The predicted octanol–water partition coefficient (Wildman–Crippen LogP) is 3.03. The lowest BCUT2D eigenvalue weighted by molar-refractivity contribution is -0.132. The summed E-state index contributed by atoms with van der Waals surface area (Å²) in [6.45, 7) is 4.07. The highest BCUT2D eigenvalue weighted by molar-refractivity contribution is 14.0. The molecule has 0 aliphatic carbocycles. The lowest BCUT2D eigenvalue weighted by Crippen LogP contribution is -2.38. The first kappa shape index (κ1) is 20.0. The maximum absolute atomic E-state index is 12.0. The SMILES string of the molecule is CN=C(NCCC(F)(F)F)NCc1cc(C(C)C)no1.I. The van der Waals surface area contributed by atoms with Crippen LogP contribution in [0.3, 0.4) is 0 Å². The molecule has 0 aliphatic heterocycles. The number of rotatable bonds is 5. The van der Waals surface area contributed by atoms with Gasteiger partial charge in [-0.05, 0) is 5.92 Å². The van der Waals surface area contributed by atoms with Crippen LogP contribution in [0.1, 0.15) is 37.6 Å². The third-order valence-electron chi connectivity index (χ3n) is 2.52. The highest BCUT2D eigenvalue weighted by Crippen LogP contribution is 2.18. The summed E-state index contributed by atoms with van der Waals surface area (Å²) < 4.78 is 41.2. The number of halogens is 4. The van der Waals surface area contributed by atoms with Crippen molar-refractivity contribution in [2.24, 2.45) is 4.99 Å². The number of nitrogens with one attached hydrogen (secondary N) is 2. The van der Waals surface area contributed by atoms with Crippen LogP contribution in [0.25, 0.3) is 0 Å². The second-order valence-electron chi connectivity index (χ2n) is 4.59. The zero-order chi connectivity index (χ0) is 15.2. The summed E-state index contributed by atoms with van der Waals surface area (Å²) in [6.07, 6.45) is -5.09. The molecule has 0 aromatic carbocycles. The van der Waals surface area contributed by atoms with Gasteiger partial charge in [-0.1, -0.05) is 19.0 Å². The summed E-state index contributed by atoms with van der Waals surface area (Å²) in [5, 5.41) is 9.33. The van der Waals surface area contributed by atoms with Crippen LogP contribution >= 0.6 is 24.0 Å². The fraction of sp³-hybridized carbons (Fsp3) is 0.667. The quantitative estimate of drug-likeness (QED) is 0.437. The van der Waals surface area contributed by atoms with Crippen molar-refractivity contribution in [3.63, 3.8) is 0 Å². The summed E-state index contributed by atoms with van der Waals surface area (Å²) in [5.41, 5.74) is 0.835. The van der Waals surface area contributed by atoms with Crippen molar-refractivity contribution >= 4 is 29.9 Å². The summed E-state index contributed by atoms with van der Waals surface area (Å²) >= 11 is 0. The number of aliphatic imine (C=N–C) groups is 1. The Labute approximate surface area is 138 Å². The Hall–Kier alpha value is -1.00. The second kappa shape index (κ2) is 9.11. The topological polar surface area (TPSA) is 62.5 Å². The van der Waals surface area contributed by atoms with Gasteiger partial charge in [-0.2, -0.15) is 13.2 Å². The van der Waals surface area contributed by atoms with Gasteiger partial charge in [-0.25, -0.2) is 0 Å². The van der Waals surface area contributed by atoms with Crippen molar-refractivity contribution in [1.29, 1.82) is 0 Å². The van der Waals surface area contributed by atoms with E-state index in [1.54, 1.807) is 6.07 Å². The molecule has 5 nitrogen and oxygen atoms in total. The van der Waals surface area contributed by atoms with Crippen LogP contribution in [0.2, 0.25) is 0 Å². The van der Waals surface area contributed by atoms with Crippen LogP contribution in [-0.2, 0) is 6.54 Å². The first-order chi connectivity index (χ1) is 9.31. The van der Waals surface area contributed by atoms with Gasteiger partial charge < -0.3 is 15.2 Å². The summed E-state index contributed by atoms with van der Waals surface area (Å²) in [7, 11) is 1.49. The van der Waals surface area contributed by atoms with E-state index in [0.29, 0.717) is 12.3 Å². The van der Waals surface area contributed by atoms with Gasteiger partial charge in [0.05, 0.1) is 18.7 Å². The maximum atomic E-state index is 12.0. The highest BCUT2D eigenvalue weighted by atomic mass is 127. The van der Waals surface area contributed by atoms with E-state index in [1.807, 2.05) is 13.8 Å². The van der Waals surface area contributed by atoms with Crippen molar-refractivity contribution in [1.82, 2.24) is 15.8 Å². The minimum atomic E-state index is -4.18. The molecule has 1 rings (SSSR count). The van der Waals surface area contributed by atoms with E-state index < -0.39 is 12.6 Å². The van der Waals surface area contributed by atoms with E-state index in [2.05, 4.69) is 20.8 Å². The molecule has 0 aliphatic rings. The smallest absolute Gasteiger partial charge is 0.359 e. The largest absolute Gasteiger partial charge is 0.390 e. The molecule has 0 amide bonds. The van der Waals surface area contributed by atoms with Gasteiger partial charge in [0.1, 0.15) is 0 Å². The van der Waals surface area contributed by atoms with Gasteiger partial charge in [0, 0.05) is 19.7 Å². The van der Waals surface area contributed by atoms with Gasteiger partial charge in [-0.3, -0.25) is 4.99 Å². The fourth-order valence-corrected chi connectivity index (χ4v) is 1.40. The van der Waals surface area contributed by atoms with Gasteiger partial charge in [0.2, 0.25) is 0 Å². The molecule has 0 saturated carbocycles. The molecule has 2 N–H and O–H groups in total. The summed E-state index contributed by atoms with van der Waals surface area (Å²) in [4.78, 5) is 3.83. The van der Waals surface area contributed by atoms with Crippen LogP contribution in [0, 0.1) is 0 Å². The monoisotopic (exact) mass is 420 g/mol. The molecule has 1 aromatic rings. The third kappa shape index (κ3) is 8.12. The zero-order valence-corrected chi connectivity index (χ0v) is 14.5. The van der Waals surface area contributed by atoms with Gasteiger partial charge in [0.25, 0.3) is 0 Å². The Kier molecular flexibility index (Phi) is 8.67. The molecular formula is C12H20F3IN4O. The number of guanidine groups is 1. The highest BCUT2D eigenvalue weighted by Gasteiger charge is 2.26. The molecule has 0 fully saturated rings. The third-order valence-corrected chi connectivity index (χ3v) is 2.52. The second-order valence-corrected chi connectivity index (χ2v) is 4.59. The fourth-order valence-electron chi connectivity index (χ4n) is 1.40. The lowest BCUT2D eigenvalue weighted by atomic mass is 10.1. The lowest BCUT2D eigenvalue weighted by Gasteiger charge is -2.11. The molecule has 1 aromatic heterocycles. The van der Waals surface area contributed by atoms with E-state index in [1.165, 1.54) is 7.05 Å². The van der Waals surface area contributed by atoms with Gasteiger partial charge >= 0.3 is 6.18 Å². The van der Waals surface area contributed by atoms with Crippen LogP contribution < -0.4 is 10.6 Å². The van der Waals surface area contributed by atoms with Crippen molar-refractivity contribution in [2.75, 3.05) is 13.6 Å². The Morgan fingerprint density at radius 3 is 2.52 bits per heavy atom. The molecule has 21 heavy (non-hydrogen) atoms. The number of aromatic nitrogens is 1. The van der Waals surface area contributed by atoms with Crippen molar-refractivity contribution < 1.29 is 17.7 Å². The van der Waals surface area contributed by atoms with Crippen LogP contribution in [0.5, 0.6) is 0 Å². The Balaban J connectivity index is 0.00000400. The summed E-state index contributed by atoms with van der Waals surface area (Å²) in [5.74, 6) is 1.15. The molecule has 0 saturated heterocycles. The molecule has 0 radical (unpaired) electrons. The number of nitrogens with zero attached hydrogens (tertiary/aromatic N) is 2. The maximum Gasteiger partial charge on any atom is 0.390 e. The predicted molar refractivity (Wildman–Crippen MR) is 84.9 cm³/mol. The first-order valence-corrected chi connectivity index (χ1v) is 6.28. The van der Waals surface area contributed by atoms with Crippen molar-refractivity contribution in [2.45, 2.75) is 38.9 Å². The van der Waals surface area contributed by atoms with E-state index in [-0.39, 0.29) is 42.4 Å². The van der Waals surface area contributed by atoms with Crippen LogP contribution in [0.15, 0.2) is 15.6 Å². The molecule has 9 heteroatoms. The van der Waals surface area contributed by atoms with E-state index in [9.17, 15) is 13.2 Å². The number of hydrogen-bond donors (Lipinski definition) is 2. The minimum absolute atomic E-state index is 0. The van der Waals surface area contributed by atoms with Gasteiger partial charge in [0.15, 0.2) is 11.7 Å². The minimum Gasteiger partial charge on any atom is -0.359 e. The Morgan fingerprint density at radius 1 is 1.38 bits per heavy atom. The molecule has 0 unspecified atom stereocenters. The van der Waals surface area contributed by atoms with Crippen LogP contribution in [0.4, 0.5) is 13.2 Å². The molecule has 0 atom stereocenters. The van der Waals surface area contributed by atoms with Crippen molar-refractivity contribution in [3.05, 3.63) is 17.5 Å². The standard InChI is InChI=1S/C12H19F3N4O.HI/c1-8(2)10-6-9(20-19-10)7-18-11(16-3)17-5-4-12(13,14)15;/h6,8H,4-5,7H2,1-3H3,(H2,16,17,18);1H. The van der Waals surface area contributed by atoms with Gasteiger partial charge in [-0.15, -0.1) is 24.0 Å². The molecule has 1 heterocycles. The van der Waals surface area contributed by atoms with E-state index in [0.717, 1.165) is 5.69 Å². The Morgan fingerprint density at radius 2 is 2.05 bits per heavy atom. The van der Waals surface area contributed by atoms with E-state index >= 15 is 0 Å². The number of alkyl halides is 3. The molecular weight excluding hydrogens is 400 g/mol.